The highest BCUT2D eigenvalue weighted by Gasteiger charge is 2.42. The normalized spacial score (nSPS) is 25.1. The van der Waals surface area contributed by atoms with Gasteiger partial charge in [-0.1, -0.05) is 103 Å². The van der Waals surface area contributed by atoms with Crippen LogP contribution in [0.3, 0.4) is 0 Å². The summed E-state index contributed by atoms with van der Waals surface area (Å²) in [7, 11) is 0. The van der Waals surface area contributed by atoms with Crippen molar-refractivity contribution in [2.45, 2.75) is 147 Å². The summed E-state index contributed by atoms with van der Waals surface area (Å²) in [6, 6.07) is 0. The average Bonchev–Trinajstić information content (AvgIpc) is 2.84. The van der Waals surface area contributed by atoms with Crippen molar-refractivity contribution in [2.75, 3.05) is 24.7 Å². The molecule has 6 nitrogen and oxygen atoms in total. The van der Waals surface area contributed by atoms with Gasteiger partial charge in [-0.2, -0.15) is 11.8 Å². The molecule has 1 heterocycles. The Kier molecular flexibility index (Phi) is 21.1. The molecule has 4 N–H and O–H groups in total. The first-order valence-electron chi connectivity index (χ1n) is 14.1. The van der Waals surface area contributed by atoms with Crippen LogP contribution in [0.1, 0.15) is 116 Å². The molecule has 1 rings (SSSR count). The van der Waals surface area contributed by atoms with Crippen molar-refractivity contribution < 1.29 is 29.9 Å². The van der Waals surface area contributed by atoms with Gasteiger partial charge in [0.15, 0.2) is 6.29 Å². The van der Waals surface area contributed by atoms with Crippen LogP contribution in [0.5, 0.6) is 0 Å². The standard InChI is InChI=1S/C27H54O6S/c1-2-3-4-5-6-7-8-9-10-11-12-13-14-15-16-17-20-34-21-18-19-32-22-23-24(28)25(29)26(30)27(31)33-23/h23-31H,2-22H2,1H3/t23-,24+,25+,26-,27+/m1/s1. The molecule has 1 saturated heterocycles. The summed E-state index contributed by atoms with van der Waals surface area (Å²) in [6.45, 7) is 2.92. The Morgan fingerprint density at radius 2 is 1.06 bits per heavy atom. The Hall–Kier alpha value is 0.110. The molecular weight excluding hydrogens is 452 g/mol. The quantitative estimate of drug-likeness (QED) is 0.142. The maximum absolute atomic E-state index is 9.87. The van der Waals surface area contributed by atoms with E-state index >= 15 is 0 Å². The van der Waals surface area contributed by atoms with Gasteiger partial charge in [-0.05, 0) is 24.3 Å². The summed E-state index contributed by atoms with van der Waals surface area (Å²) in [5.74, 6) is 2.23. The molecule has 0 bridgehead atoms. The van der Waals surface area contributed by atoms with Crippen molar-refractivity contribution in [1.29, 1.82) is 0 Å². The van der Waals surface area contributed by atoms with Gasteiger partial charge in [0.25, 0.3) is 0 Å². The van der Waals surface area contributed by atoms with Gasteiger partial charge in [0, 0.05) is 6.61 Å². The van der Waals surface area contributed by atoms with Crippen LogP contribution in [0.4, 0.5) is 0 Å². The highest BCUT2D eigenvalue weighted by atomic mass is 32.2. The first-order chi connectivity index (χ1) is 16.6. The predicted octanol–water partition coefficient (Wildman–Crippen LogP) is 5.19. The van der Waals surface area contributed by atoms with Crippen LogP contribution in [0.15, 0.2) is 0 Å². The number of thioether (sulfide) groups is 1. The van der Waals surface area contributed by atoms with Gasteiger partial charge in [0.2, 0.25) is 0 Å². The molecule has 204 valence electrons. The van der Waals surface area contributed by atoms with E-state index in [9.17, 15) is 20.4 Å². The minimum atomic E-state index is -1.50. The Morgan fingerprint density at radius 3 is 1.59 bits per heavy atom. The second-order valence-electron chi connectivity index (χ2n) is 9.88. The third kappa shape index (κ3) is 16.0. The van der Waals surface area contributed by atoms with E-state index in [4.69, 9.17) is 9.47 Å². The molecule has 1 fully saturated rings. The van der Waals surface area contributed by atoms with E-state index in [-0.39, 0.29) is 6.61 Å². The van der Waals surface area contributed by atoms with E-state index in [0.717, 1.165) is 12.2 Å². The molecule has 7 heteroatoms. The molecule has 0 aromatic rings. The van der Waals surface area contributed by atoms with Crippen molar-refractivity contribution in [3.8, 4) is 0 Å². The van der Waals surface area contributed by atoms with Gasteiger partial charge in [0.05, 0.1) is 6.61 Å². The predicted molar refractivity (Wildman–Crippen MR) is 141 cm³/mol. The summed E-state index contributed by atoms with van der Waals surface area (Å²) in [5, 5.41) is 38.5. The zero-order chi connectivity index (χ0) is 24.9. The highest BCUT2D eigenvalue weighted by molar-refractivity contribution is 7.99. The van der Waals surface area contributed by atoms with Gasteiger partial charge >= 0.3 is 0 Å². The van der Waals surface area contributed by atoms with Crippen molar-refractivity contribution in [2.24, 2.45) is 0 Å². The number of rotatable bonds is 23. The third-order valence-corrected chi connectivity index (χ3v) is 7.84. The van der Waals surface area contributed by atoms with E-state index in [1.54, 1.807) is 0 Å². The number of ether oxygens (including phenoxy) is 2. The first kappa shape index (κ1) is 32.1. The van der Waals surface area contributed by atoms with Crippen LogP contribution in [0, 0.1) is 0 Å². The van der Waals surface area contributed by atoms with Crippen LogP contribution in [0.25, 0.3) is 0 Å². The monoisotopic (exact) mass is 506 g/mol. The summed E-state index contributed by atoms with van der Waals surface area (Å²) in [5.41, 5.74) is 0. The molecule has 0 aliphatic carbocycles. The van der Waals surface area contributed by atoms with Crippen LogP contribution >= 0.6 is 11.8 Å². The molecule has 0 aromatic heterocycles. The molecule has 0 saturated carbocycles. The number of aliphatic hydroxyl groups is 4. The third-order valence-electron chi connectivity index (χ3n) is 6.69. The topological polar surface area (TPSA) is 99.4 Å². The highest BCUT2D eigenvalue weighted by Crippen LogP contribution is 2.20. The molecule has 5 atom stereocenters. The maximum Gasteiger partial charge on any atom is 0.184 e. The summed E-state index contributed by atoms with van der Waals surface area (Å²) >= 11 is 1.95. The van der Waals surface area contributed by atoms with Crippen LogP contribution < -0.4 is 0 Å². The fourth-order valence-corrected chi connectivity index (χ4v) is 5.32. The Balaban J connectivity index is 1.75. The lowest BCUT2D eigenvalue weighted by Crippen LogP contribution is -2.58. The summed E-state index contributed by atoms with van der Waals surface area (Å²) in [6.07, 6.45) is 16.8. The number of hydrogen-bond acceptors (Lipinski definition) is 7. The molecule has 0 spiro atoms. The van der Waals surface area contributed by atoms with E-state index in [1.807, 2.05) is 11.8 Å². The maximum atomic E-state index is 9.87. The van der Waals surface area contributed by atoms with Gasteiger partial charge in [-0.25, -0.2) is 0 Å². The summed E-state index contributed by atoms with van der Waals surface area (Å²) in [4.78, 5) is 0. The van der Waals surface area contributed by atoms with Crippen LogP contribution in [-0.4, -0.2) is 75.9 Å². The minimum Gasteiger partial charge on any atom is -0.387 e. The van der Waals surface area contributed by atoms with Crippen molar-refractivity contribution >= 4 is 11.8 Å². The SMILES string of the molecule is CCCCCCCCCCCCCCCCCCSCCCOC[C@H]1O[C@H](O)[C@H](O)[C@@H](O)[C@H]1O. The van der Waals surface area contributed by atoms with E-state index in [2.05, 4.69) is 6.92 Å². The zero-order valence-electron chi connectivity index (χ0n) is 21.7. The number of unbranched alkanes of at least 4 members (excludes halogenated alkanes) is 15. The van der Waals surface area contributed by atoms with Gasteiger partial charge in [-0.15, -0.1) is 0 Å². The van der Waals surface area contributed by atoms with E-state index in [0.29, 0.717) is 6.61 Å². The molecule has 1 aliphatic heterocycles. The lowest BCUT2D eigenvalue weighted by atomic mass is 9.99. The molecule has 1 aliphatic rings. The van der Waals surface area contributed by atoms with Crippen LogP contribution in [0.2, 0.25) is 0 Å². The van der Waals surface area contributed by atoms with Crippen molar-refractivity contribution in [1.82, 2.24) is 0 Å². The largest absolute Gasteiger partial charge is 0.387 e. The second kappa shape index (κ2) is 22.3. The number of aliphatic hydroxyl groups excluding tert-OH is 4. The van der Waals surface area contributed by atoms with Gasteiger partial charge in [-0.3, -0.25) is 0 Å². The van der Waals surface area contributed by atoms with E-state index in [1.165, 1.54) is 108 Å². The number of hydrogen-bond donors (Lipinski definition) is 4. The van der Waals surface area contributed by atoms with Crippen molar-refractivity contribution in [3.05, 3.63) is 0 Å². The molecular formula is C27H54O6S. The fraction of sp³-hybridized carbons (Fsp3) is 1.00. The Labute approximate surface area is 213 Å². The molecule has 0 unspecified atom stereocenters. The fourth-order valence-electron chi connectivity index (χ4n) is 4.39. The minimum absolute atomic E-state index is 0.0891. The van der Waals surface area contributed by atoms with Gasteiger partial charge in [0.1, 0.15) is 24.4 Å². The Bertz CT molecular complexity index is 441. The average molecular weight is 507 g/mol. The van der Waals surface area contributed by atoms with Crippen molar-refractivity contribution in [3.63, 3.8) is 0 Å². The second-order valence-corrected chi connectivity index (χ2v) is 11.1. The zero-order valence-corrected chi connectivity index (χ0v) is 22.6. The smallest absolute Gasteiger partial charge is 0.184 e. The summed E-state index contributed by atoms with van der Waals surface area (Å²) < 4.78 is 10.6. The Morgan fingerprint density at radius 1 is 0.588 bits per heavy atom. The van der Waals surface area contributed by atoms with E-state index < -0.39 is 30.7 Å². The van der Waals surface area contributed by atoms with Crippen LogP contribution in [-0.2, 0) is 9.47 Å². The van der Waals surface area contributed by atoms with Gasteiger partial charge < -0.3 is 29.9 Å². The first-order valence-corrected chi connectivity index (χ1v) is 15.3. The molecule has 34 heavy (non-hydrogen) atoms. The lowest BCUT2D eigenvalue weighted by Gasteiger charge is -2.38. The molecule has 0 amide bonds. The molecule has 0 radical (unpaired) electrons. The molecule has 0 aromatic carbocycles. The lowest BCUT2D eigenvalue weighted by molar-refractivity contribution is -0.288.